The maximum Gasteiger partial charge on any atom is 0.130 e. The Balaban J connectivity index is 3.23. The summed E-state index contributed by atoms with van der Waals surface area (Å²) >= 11 is 5.68. The van der Waals surface area contributed by atoms with Crippen molar-refractivity contribution in [3.8, 4) is 0 Å². The van der Waals surface area contributed by atoms with E-state index in [0.717, 1.165) is 0 Å². The zero-order valence-electron chi connectivity index (χ0n) is 6.64. The molecule has 4 N–H and O–H groups in total. The van der Waals surface area contributed by atoms with E-state index in [2.05, 4.69) is 0 Å². The second-order valence-corrected chi connectivity index (χ2v) is 3.09. The van der Waals surface area contributed by atoms with Gasteiger partial charge in [-0.05, 0) is 19.1 Å². The maximum atomic E-state index is 13.1. The highest BCUT2D eigenvalue weighted by Crippen LogP contribution is 2.25. The van der Waals surface area contributed by atoms with Crippen LogP contribution in [0.2, 0.25) is 5.02 Å². The van der Waals surface area contributed by atoms with Crippen molar-refractivity contribution in [2.24, 2.45) is 5.73 Å². The third-order valence-corrected chi connectivity index (χ3v) is 1.93. The predicted molar refractivity (Wildman–Crippen MR) is 48.4 cm³/mol. The Bertz CT molecular complexity index is 299. The Morgan fingerprint density at radius 3 is 2.58 bits per heavy atom. The first-order valence-electron chi connectivity index (χ1n) is 3.52. The largest absolute Gasteiger partial charge is 0.397 e. The van der Waals surface area contributed by atoms with Crippen LogP contribution in [-0.4, -0.2) is 0 Å². The molecular weight excluding hydrogens is 179 g/mol. The summed E-state index contributed by atoms with van der Waals surface area (Å²) in [5.74, 6) is -0.410. The first kappa shape index (κ1) is 9.29. The van der Waals surface area contributed by atoms with Gasteiger partial charge in [-0.1, -0.05) is 11.6 Å². The summed E-state index contributed by atoms with van der Waals surface area (Å²) in [6.45, 7) is 1.69. The van der Waals surface area contributed by atoms with Crippen LogP contribution in [0.25, 0.3) is 0 Å². The van der Waals surface area contributed by atoms with Crippen molar-refractivity contribution in [3.05, 3.63) is 28.5 Å². The number of rotatable bonds is 1. The van der Waals surface area contributed by atoms with Crippen LogP contribution in [-0.2, 0) is 0 Å². The summed E-state index contributed by atoms with van der Waals surface area (Å²) in [7, 11) is 0. The van der Waals surface area contributed by atoms with Gasteiger partial charge >= 0.3 is 0 Å². The Morgan fingerprint density at radius 2 is 2.08 bits per heavy atom. The normalized spacial score (nSPS) is 13.0. The lowest BCUT2D eigenvalue weighted by Crippen LogP contribution is -2.08. The predicted octanol–water partition coefficient (Wildman–Crippen LogP) is 2.08. The second kappa shape index (κ2) is 3.29. The molecule has 0 fully saturated rings. The summed E-state index contributed by atoms with van der Waals surface area (Å²) in [6.07, 6.45) is 0. The minimum atomic E-state index is -0.410. The molecule has 4 heteroatoms. The number of hydrogen-bond acceptors (Lipinski definition) is 2. The van der Waals surface area contributed by atoms with Crippen LogP contribution in [0, 0.1) is 5.82 Å². The molecule has 0 bridgehead atoms. The van der Waals surface area contributed by atoms with E-state index in [1.165, 1.54) is 12.1 Å². The minimum absolute atomic E-state index is 0.235. The van der Waals surface area contributed by atoms with E-state index >= 15 is 0 Å². The van der Waals surface area contributed by atoms with Gasteiger partial charge in [-0.2, -0.15) is 0 Å². The third kappa shape index (κ3) is 1.68. The zero-order chi connectivity index (χ0) is 9.30. The van der Waals surface area contributed by atoms with Crippen molar-refractivity contribution < 1.29 is 4.39 Å². The molecule has 0 aliphatic carbocycles. The first-order valence-corrected chi connectivity index (χ1v) is 3.90. The molecule has 0 saturated heterocycles. The number of hydrogen-bond donors (Lipinski definition) is 2. The molecule has 66 valence electrons. The lowest BCUT2D eigenvalue weighted by Gasteiger charge is -2.08. The van der Waals surface area contributed by atoms with E-state index in [1.54, 1.807) is 6.92 Å². The molecule has 2 nitrogen and oxygen atoms in total. The summed E-state index contributed by atoms with van der Waals surface area (Å²) < 4.78 is 13.1. The summed E-state index contributed by atoms with van der Waals surface area (Å²) in [6, 6.07) is 2.26. The summed E-state index contributed by atoms with van der Waals surface area (Å²) in [5.41, 5.74) is 11.5. The van der Waals surface area contributed by atoms with Crippen molar-refractivity contribution in [2.75, 3.05) is 5.73 Å². The van der Waals surface area contributed by atoms with Gasteiger partial charge in [0.1, 0.15) is 5.82 Å². The molecule has 0 amide bonds. The molecule has 0 spiro atoms. The van der Waals surface area contributed by atoms with Crippen LogP contribution in [0.1, 0.15) is 18.5 Å². The van der Waals surface area contributed by atoms with Crippen LogP contribution in [0.3, 0.4) is 0 Å². The van der Waals surface area contributed by atoms with Crippen LogP contribution in [0.4, 0.5) is 10.1 Å². The van der Waals surface area contributed by atoms with E-state index in [4.69, 9.17) is 23.1 Å². The molecule has 0 aliphatic heterocycles. The lowest BCUT2D eigenvalue weighted by atomic mass is 10.1. The average molecular weight is 189 g/mol. The highest BCUT2D eigenvalue weighted by molar-refractivity contribution is 6.33. The first-order chi connectivity index (χ1) is 5.52. The van der Waals surface area contributed by atoms with Gasteiger partial charge in [0.05, 0.1) is 10.7 Å². The van der Waals surface area contributed by atoms with E-state index in [-0.39, 0.29) is 11.7 Å². The van der Waals surface area contributed by atoms with Crippen molar-refractivity contribution in [1.29, 1.82) is 0 Å². The number of nitrogens with two attached hydrogens (primary N) is 2. The Hall–Kier alpha value is -0.800. The van der Waals surface area contributed by atoms with Gasteiger partial charge in [-0.3, -0.25) is 0 Å². The fourth-order valence-electron chi connectivity index (χ4n) is 0.927. The quantitative estimate of drug-likeness (QED) is 0.663. The molecule has 0 aromatic heterocycles. The van der Waals surface area contributed by atoms with Gasteiger partial charge in [0, 0.05) is 11.6 Å². The van der Waals surface area contributed by atoms with Gasteiger partial charge in [0.15, 0.2) is 0 Å². The molecule has 12 heavy (non-hydrogen) atoms. The van der Waals surface area contributed by atoms with Crippen molar-refractivity contribution in [3.63, 3.8) is 0 Å². The fourth-order valence-corrected chi connectivity index (χ4v) is 1.10. The molecule has 1 rings (SSSR count). The Morgan fingerprint density at radius 1 is 1.50 bits per heavy atom. The Kier molecular flexibility index (Phi) is 2.55. The van der Waals surface area contributed by atoms with E-state index in [0.29, 0.717) is 10.6 Å². The molecule has 1 aromatic carbocycles. The van der Waals surface area contributed by atoms with E-state index < -0.39 is 5.82 Å². The molecule has 0 radical (unpaired) electrons. The van der Waals surface area contributed by atoms with Crippen LogP contribution in [0.15, 0.2) is 12.1 Å². The molecule has 0 saturated carbocycles. The van der Waals surface area contributed by atoms with Crippen molar-refractivity contribution in [2.45, 2.75) is 13.0 Å². The monoisotopic (exact) mass is 188 g/mol. The van der Waals surface area contributed by atoms with Gasteiger partial charge in [-0.25, -0.2) is 4.39 Å². The Labute approximate surface area is 75.3 Å². The SMILES string of the molecule is CC(N)c1cc(Cl)c(N)cc1F. The van der Waals surface area contributed by atoms with Gasteiger partial charge < -0.3 is 11.5 Å². The molecule has 0 heterocycles. The standard InChI is InChI=1S/C8H10ClFN2/c1-4(11)5-2-6(9)8(12)3-7(5)10/h2-4H,11-12H2,1H3. The molecule has 1 unspecified atom stereocenters. The molecule has 1 atom stereocenters. The number of benzene rings is 1. The highest BCUT2D eigenvalue weighted by atomic mass is 35.5. The second-order valence-electron chi connectivity index (χ2n) is 2.68. The summed E-state index contributed by atoms with van der Waals surface area (Å²) in [4.78, 5) is 0. The number of anilines is 1. The topological polar surface area (TPSA) is 52.0 Å². The molecule has 0 aliphatic rings. The van der Waals surface area contributed by atoms with Crippen LogP contribution < -0.4 is 11.5 Å². The zero-order valence-corrected chi connectivity index (χ0v) is 7.40. The number of halogens is 2. The van der Waals surface area contributed by atoms with Crippen molar-refractivity contribution in [1.82, 2.24) is 0 Å². The van der Waals surface area contributed by atoms with Gasteiger partial charge in [0.2, 0.25) is 0 Å². The van der Waals surface area contributed by atoms with E-state index in [1.807, 2.05) is 0 Å². The van der Waals surface area contributed by atoms with Gasteiger partial charge in [-0.15, -0.1) is 0 Å². The van der Waals surface area contributed by atoms with Gasteiger partial charge in [0.25, 0.3) is 0 Å². The minimum Gasteiger partial charge on any atom is -0.397 e. The maximum absolute atomic E-state index is 13.1. The lowest BCUT2D eigenvalue weighted by molar-refractivity contribution is 0.594. The summed E-state index contributed by atoms with van der Waals surface area (Å²) in [5, 5.41) is 0.337. The van der Waals surface area contributed by atoms with Crippen LogP contribution in [0.5, 0.6) is 0 Å². The molecule has 1 aromatic rings. The highest BCUT2D eigenvalue weighted by Gasteiger charge is 2.09. The smallest absolute Gasteiger partial charge is 0.130 e. The van der Waals surface area contributed by atoms with Crippen LogP contribution >= 0.6 is 11.6 Å². The average Bonchev–Trinajstić information content (AvgIpc) is 1.96. The van der Waals surface area contributed by atoms with Crippen molar-refractivity contribution >= 4 is 17.3 Å². The van der Waals surface area contributed by atoms with E-state index in [9.17, 15) is 4.39 Å². The molecular formula is C8H10ClFN2. The number of nitrogen functional groups attached to an aromatic ring is 1. The fraction of sp³-hybridized carbons (Fsp3) is 0.250. The third-order valence-electron chi connectivity index (χ3n) is 1.61.